The second kappa shape index (κ2) is 6.52. The predicted molar refractivity (Wildman–Crippen MR) is 81.9 cm³/mol. The molecule has 1 aromatic heterocycles. The molecule has 0 radical (unpaired) electrons. The fraction of sp³-hybridized carbons (Fsp3) is 0.692. The molecule has 1 fully saturated rings. The maximum absolute atomic E-state index is 5.38. The number of hydrogen-bond acceptors (Lipinski definition) is 5. The van der Waals surface area contributed by atoms with Gasteiger partial charge in [-0.15, -0.1) is 0 Å². The first-order valence-electron chi connectivity index (χ1n) is 6.86. The van der Waals surface area contributed by atoms with Crippen molar-refractivity contribution < 1.29 is 0 Å². The van der Waals surface area contributed by atoms with Gasteiger partial charge in [0.15, 0.2) is 0 Å². The lowest BCUT2D eigenvalue weighted by molar-refractivity contribution is 0.351. The van der Waals surface area contributed by atoms with Gasteiger partial charge in [-0.25, -0.2) is 10.8 Å². The van der Waals surface area contributed by atoms with Crippen molar-refractivity contribution in [3.63, 3.8) is 0 Å². The number of rotatable bonds is 3. The Balaban J connectivity index is 2.13. The smallest absolute Gasteiger partial charge is 0.239 e. The molecule has 1 saturated heterocycles. The summed E-state index contributed by atoms with van der Waals surface area (Å²) in [7, 11) is 0. The Kier molecular flexibility index (Phi) is 4.99. The van der Waals surface area contributed by atoms with Gasteiger partial charge in [-0.2, -0.15) is 4.98 Å². The number of halogens is 1. The highest BCUT2D eigenvalue weighted by molar-refractivity contribution is 9.10. The van der Waals surface area contributed by atoms with Crippen LogP contribution >= 0.6 is 15.9 Å². The molecule has 2 rings (SSSR count). The quantitative estimate of drug-likeness (QED) is 0.660. The fourth-order valence-electron chi connectivity index (χ4n) is 2.65. The van der Waals surface area contributed by atoms with Gasteiger partial charge in [0.05, 0.1) is 4.47 Å². The van der Waals surface area contributed by atoms with E-state index in [0.29, 0.717) is 5.95 Å². The van der Waals surface area contributed by atoms with Crippen LogP contribution < -0.4 is 16.2 Å². The normalized spacial score (nSPS) is 20.5. The van der Waals surface area contributed by atoms with E-state index in [4.69, 9.17) is 5.84 Å². The van der Waals surface area contributed by atoms with Crippen LogP contribution in [-0.4, -0.2) is 23.1 Å². The van der Waals surface area contributed by atoms with Crippen molar-refractivity contribution >= 4 is 27.7 Å². The van der Waals surface area contributed by atoms with E-state index in [1.807, 2.05) is 0 Å². The molecule has 6 heteroatoms. The van der Waals surface area contributed by atoms with Crippen LogP contribution in [0.15, 0.2) is 10.7 Å². The van der Waals surface area contributed by atoms with Crippen LogP contribution in [0, 0.1) is 11.8 Å². The minimum absolute atomic E-state index is 0.461. The van der Waals surface area contributed by atoms with Gasteiger partial charge in [0.25, 0.3) is 0 Å². The van der Waals surface area contributed by atoms with E-state index in [1.54, 1.807) is 6.20 Å². The average Bonchev–Trinajstić information content (AvgIpc) is 2.65. The Morgan fingerprint density at radius 3 is 2.89 bits per heavy atom. The highest BCUT2D eigenvalue weighted by atomic mass is 79.9. The molecule has 3 N–H and O–H groups in total. The van der Waals surface area contributed by atoms with E-state index in [-0.39, 0.29) is 0 Å². The van der Waals surface area contributed by atoms with E-state index >= 15 is 0 Å². The molecule has 1 aliphatic heterocycles. The molecule has 1 aliphatic rings. The number of nitrogens with zero attached hydrogens (tertiary/aromatic N) is 3. The second-order valence-corrected chi connectivity index (χ2v) is 6.29. The molecule has 0 saturated carbocycles. The van der Waals surface area contributed by atoms with Crippen molar-refractivity contribution in [2.24, 2.45) is 17.7 Å². The predicted octanol–water partition coefficient (Wildman–Crippen LogP) is 2.79. The molecule has 0 spiro atoms. The minimum atomic E-state index is 0.461. The molecule has 0 amide bonds. The SMILES string of the molecule is CC(C)C1CCCN(c2nc(NN)ncc2Br)CC1. The number of anilines is 2. The lowest BCUT2D eigenvalue weighted by Crippen LogP contribution is -2.26. The third-order valence-electron chi connectivity index (χ3n) is 3.87. The molecule has 1 unspecified atom stereocenters. The summed E-state index contributed by atoms with van der Waals surface area (Å²) in [6.07, 6.45) is 5.49. The second-order valence-electron chi connectivity index (χ2n) is 5.43. The number of nitrogen functional groups attached to an aromatic ring is 1. The first kappa shape index (κ1) is 14.5. The van der Waals surface area contributed by atoms with E-state index in [2.05, 4.69) is 50.1 Å². The van der Waals surface area contributed by atoms with Gasteiger partial charge in [0.1, 0.15) is 5.82 Å². The summed E-state index contributed by atoms with van der Waals surface area (Å²) >= 11 is 3.53. The number of nitrogens with one attached hydrogen (secondary N) is 1. The van der Waals surface area contributed by atoms with Gasteiger partial charge in [-0.05, 0) is 47.0 Å². The van der Waals surface area contributed by atoms with Crippen LogP contribution in [0.2, 0.25) is 0 Å². The Hall–Kier alpha value is -0.880. The summed E-state index contributed by atoms with van der Waals surface area (Å²) in [5.74, 6) is 8.36. The molecule has 1 aromatic rings. The van der Waals surface area contributed by atoms with E-state index in [0.717, 1.165) is 35.2 Å². The molecule has 0 bridgehead atoms. The van der Waals surface area contributed by atoms with Gasteiger partial charge < -0.3 is 4.90 Å². The highest BCUT2D eigenvalue weighted by Gasteiger charge is 2.21. The van der Waals surface area contributed by atoms with Crippen LogP contribution in [-0.2, 0) is 0 Å². The Morgan fingerprint density at radius 2 is 2.21 bits per heavy atom. The van der Waals surface area contributed by atoms with Gasteiger partial charge in [-0.1, -0.05) is 13.8 Å². The number of hydrogen-bond donors (Lipinski definition) is 2. The first-order valence-corrected chi connectivity index (χ1v) is 7.65. The van der Waals surface area contributed by atoms with Crippen LogP contribution in [0.5, 0.6) is 0 Å². The zero-order valence-corrected chi connectivity index (χ0v) is 13.2. The van der Waals surface area contributed by atoms with Crippen molar-refractivity contribution in [2.75, 3.05) is 23.4 Å². The number of nitrogens with two attached hydrogens (primary N) is 1. The van der Waals surface area contributed by atoms with Crippen LogP contribution in [0.3, 0.4) is 0 Å². The molecule has 0 aromatic carbocycles. The van der Waals surface area contributed by atoms with Crippen molar-refractivity contribution in [1.29, 1.82) is 0 Å². The standard InChI is InChI=1S/C13H22BrN5/c1-9(2)10-4-3-6-19(7-5-10)12-11(14)8-16-13(17-12)18-15/h8-10H,3-7,15H2,1-2H3,(H,16,17,18). The summed E-state index contributed by atoms with van der Waals surface area (Å²) in [5.41, 5.74) is 2.51. The van der Waals surface area contributed by atoms with Crippen molar-refractivity contribution in [3.05, 3.63) is 10.7 Å². The topological polar surface area (TPSA) is 67.1 Å². The van der Waals surface area contributed by atoms with E-state index in [9.17, 15) is 0 Å². The first-order chi connectivity index (χ1) is 9.11. The molecular formula is C13H22BrN5. The summed E-state index contributed by atoms with van der Waals surface area (Å²) in [4.78, 5) is 10.9. The Bertz CT molecular complexity index is 423. The van der Waals surface area contributed by atoms with Crippen molar-refractivity contribution in [1.82, 2.24) is 9.97 Å². The largest absolute Gasteiger partial charge is 0.356 e. The lowest BCUT2D eigenvalue weighted by Gasteiger charge is -2.23. The summed E-state index contributed by atoms with van der Waals surface area (Å²) in [6.45, 7) is 6.72. The van der Waals surface area contributed by atoms with Crippen LogP contribution in [0.1, 0.15) is 33.1 Å². The molecule has 2 heterocycles. The van der Waals surface area contributed by atoms with E-state index in [1.165, 1.54) is 19.3 Å². The van der Waals surface area contributed by atoms with Gasteiger partial charge in [-0.3, -0.25) is 5.43 Å². The molecule has 0 aliphatic carbocycles. The maximum Gasteiger partial charge on any atom is 0.239 e. The molecule has 5 nitrogen and oxygen atoms in total. The van der Waals surface area contributed by atoms with Gasteiger partial charge in [0, 0.05) is 19.3 Å². The van der Waals surface area contributed by atoms with Crippen molar-refractivity contribution in [3.8, 4) is 0 Å². The summed E-state index contributed by atoms with van der Waals surface area (Å²) in [6, 6.07) is 0. The minimum Gasteiger partial charge on any atom is -0.356 e. The molecule has 19 heavy (non-hydrogen) atoms. The highest BCUT2D eigenvalue weighted by Crippen LogP contribution is 2.30. The fourth-order valence-corrected chi connectivity index (χ4v) is 3.09. The van der Waals surface area contributed by atoms with Crippen LogP contribution in [0.4, 0.5) is 11.8 Å². The number of hydrazine groups is 1. The van der Waals surface area contributed by atoms with Crippen LogP contribution in [0.25, 0.3) is 0 Å². The van der Waals surface area contributed by atoms with Gasteiger partial charge in [0.2, 0.25) is 5.95 Å². The number of aromatic nitrogens is 2. The zero-order valence-electron chi connectivity index (χ0n) is 11.6. The summed E-state index contributed by atoms with van der Waals surface area (Å²) in [5, 5.41) is 0. The molecular weight excluding hydrogens is 306 g/mol. The lowest BCUT2D eigenvalue weighted by atomic mass is 9.89. The molecule has 1 atom stereocenters. The van der Waals surface area contributed by atoms with Gasteiger partial charge >= 0.3 is 0 Å². The zero-order chi connectivity index (χ0) is 13.8. The van der Waals surface area contributed by atoms with Crippen molar-refractivity contribution in [2.45, 2.75) is 33.1 Å². The monoisotopic (exact) mass is 327 g/mol. The maximum atomic E-state index is 5.38. The van der Waals surface area contributed by atoms with E-state index < -0.39 is 0 Å². The Morgan fingerprint density at radius 1 is 1.42 bits per heavy atom. The third kappa shape index (κ3) is 3.57. The third-order valence-corrected chi connectivity index (χ3v) is 4.43. The average molecular weight is 328 g/mol. The Labute approximate surface area is 123 Å². The summed E-state index contributed by atoms with van der Waals surface area (Å²) < 4.78 is 0.925. The molecule has 106 valence electrons.